The molecule has 1 unspecified atom stereocenters. The van der Waals surface area contributed by atoms with E-state index in [0.717, 1.165) is 18.4 Å². The summed E-state index contributed by atoms with van der Waals surface area (Å²) in [7, 11) is 1.38. The SMILES string of the molecule is COc1cc(F)ccc1C(=O)NC1CCCCn2c1nc(-c1ccncc1)cc2=O. The molecule has 0 saturated heterocycles. The van der Waals surface area contributed by atoms with Gasteiger partial charge in [-0.2, -0.15) is 0 Å². The highest BCUT2D eigenvalue weighted by molar-refractivity contribution is 5.97. The second kappa shape index (κ2) is 8.44. The molecule has 2 aromatic heterocycles. The van der Waals surface area contributed by atoms with Crippen molar-refractivity contribution >= 4 is 5.91 Å². The summed E-state index contributed by atoms with van der Waals surface area (Å²) >= 11 is 0. The Kier molecular flexibility index (Phi) is 5.56. The normalized spacial score (nSPS) is 15.7. The minimum Gasteiger partial charge on any atom is -0.496 e. The molecule has 1 atom stereocenters. The number of carbonyl (C=O) groups is 1. The monoisotopic (exact) mass is 408 g/mol. The van der Waals surface area contributed by atoms with E-state index in [0.29, 0.717) is 24.5 Å². The lowest BCUT2D eigenvalue weighted by Crippen LogP contribution is -2.34. The smallest absolute Gasteiger partial charge is 0.255 e. The van der Waals surface area contributed by atoms with Crippen molar-refractivity contribution in [3.63, 3.8) is 0 Å². The van der Waals surface area contributed by atoms with Crippen LogP contribution in [0.3, 0.4) is 0 Å². The lowest BCUT2D eigenvalue weighted by atomic mass is 10.1. The average Bonchev–Trinajstić information content (AvgIpc) is 2.96. The molecule has 3 heterocycles. The van der Waals surface area contributed by atoms with Crippen LogP contribution in [0.15, 0.2) is 53.6 Å². The highest BCUT2D eigenvalue weighted by Gasteiger charge is 2.25. The third-order valence-electron chi connectivity index (χ3n) is 5.16. The molecular formula is C22H21FN4O3. The van der Waals surface area contributed by atoms with Crippen LogP contribution in [0.25, 0.3) is 11.3 Å². The molecule has 0 spiro atoms. The number of amides is 1. The first-order valence-electron chi connectivity index (χ1n) is 9.73. The quantitative estimate of drug-likeness (QED) is 0.717. The van der Waals surface area contributed by atoms with Gasteiger partial charge in [-0.1, -0.05) is 0 Å². The van der Waals surface area contributed by atoms with Crippen LogP contribution >= 0.6 is 0 Å². The maximum Gasteiger partial charge on any atom is 0.255 e. The van der Waals surface area contributed by atoms with Gasteiger partial charge in [-0.25, -0.2) is 9.37 Å². The zero-order chi connectivity index (χ0) is 21.1. The molecule has 1 aliphatic rings. The summed E-state index contributed by atoms with van der Waals surface area (Å²) in [6, 6.07) is 8.38. The van der Waals surface area contributed by atoms with E-state index in [1.165, 1.54) is 31.4 Å². The van der Waals surface area contributed by atoms with Crippen LogP contribution < -0.4 is 15.6 Å². The van der Waals surface area contributed by atoms with Gasteiger partial charge in [0.1, 0.15) is 17.4 Å². The summed E-state index contributed by atoms with van der Waals surface area (Å²) in [5.74, 6) is -0.231. The molecule has 0 bridgehead atoms. The molecule has 154 valence electrons. The predicted octanol–water partition coefficient (Wildman–Crippen LogP) is 3.11. The fraction of sp³-hybridized carbons (Fsp3) is 0.273. The Morgan fingerprint density at radius 2 is 2.00 bits per heavy atom. The van der Waals surface area contributed by atoms with Crippen LogP contribution in [-0.2, 0) is 6.54 Å². The minimum absolute atomic E-state index is 0.150. The number of fused-ring (bicyclic) bond motifs is 1. The number of benzene rings is 1. The molecule has 0 fully saturated rings. The molecule has 1 aliphatic heterocycles. The number of halogens is 1. The molecule has 0 radical (unpaired) electrons. The number of ether oxygens (including phenoxy) is 1. The fourth-order valence-corrected chi connectivity index (χ4v) is 3.66. The van der Waals surface area contributed by atoms with Crippen LogP contribution in [0.1, 0.15) is 41.5 Å². The third kappa shape index (κ3) is 3.94. The summed E-state index contributed by atoms with van der Waals surface area (Å²) in [5, 5.41) is 2.96. The van der Waals surface area contributed by atoms with Gasteiger partial charge in [0.2, 0.25) is 0 Å². The Hall–Kier alpha value is -3.55. The predicted molar refractivity (Wildman–Crippen MR) is 109 cm³/mol. The van der Waals surface area contributed by atoms with E-state index in [4.69, 9.17) is 9.72 Å². The van der Waals surface area contributed by atoms with E-state index < -0.39 is 17.8 Å². The number of aromatic nitrogens is 3. The van der Waals surface area contributed by atoms with Gasteiger partial charge in [0, 0.05) is 36.6 Å². The van der Waals surface area contributed by atoms with Gasteiger partial charge in [0.15, 0.2) is 0 Å². The molecule has 7 nitrogen and oxygen atoms in total. The molecule has 3 aromatic rings. The van der Waals surface area contributed by atoms with Crippen LogP contribution in [0.2, 0.25) is 0 Å². The lowest BCUT2D eigenvalue weighted by Gasteiger charge is -2.20. The largest absolute Gasteiger partial charge is 0.496 e. The molecule has 0 saturated carbocycles. The summed E-state index contributed by atoms with van der Waals surface area (Å²) in [6.07, 6.45) is 5.57. The van der Waals surface area contributed by atoms with Gasteiger partial charge >= 0.3 is 0 Å². The lowest BCUT2D eigenvalue weighted by molar-refractivity contribution is 0.0929. The molecule has 0 aliphatic carbocycles. The Balaban J connectivity index is 1.71. The Morgan fingerprint density at radius 1 is 1.20 bits per heavy atom. The number of nitrogens with one attached hydrogen (secondary N) is 1. The standard InChI is InChI=1S/C22H21FN4O3/c1-30-19-12-15(23)5-6-16(19)22(29)26-17-4-2-3-11-27-20(28)13-18(25-21(17)27)14-7-9-24-10-8-14/h5-10,12-13,17H,2-4,11H2,1H3,(H,26,29). The van der Waals surface area contributed by atoms with Gasteiger partial charge in [0.05, 0.1) is 24.4 Å². The molecule has 1 amide bonds. The summed E-state index contributed by atoms with van der Waals surface area (Å²) in [6.45, 7) is 0.546. The summed E-state index contributed by atoms with van der Waals surface area (Å²) < 4.78 is 20.3. The number of rotatable bonds is 4. The molecule has 1 N–H and O–H groups in total. The number of pyridine rings is 1. The van der Waals surface area contributed by atoms with Gasteiger partial charge in [-0.3, -0.25) is 19.1 Å². The van der Waals surface area contributed by atoms with E-state index in [1.807, 2.05) is 0 Å². The zero-order valence-electron chi connectivity index (χ0n) is 16.5. The number of hydrogen-bond acceptors (Lipinski definition) is 5. The van der Waals surface area contributed by atoms with Crippen molar-refractivity contribution in [2.45, 2.75) is 31.8 Å². The van der Waals surface area contributed by atoms with Gasteiger partial charge in [-0.15, -0.1) is 0 Å². The number of carbonyl (C=O) groups excluding carboxylic acids is 1. The van der Waals surface area contributed by atoms with Crippen LogP contribution in [-0.4, -0.2) is 27.6 Å². The van der Waals surface area contributed by atoms with Crippen molar-refractivity contribution in [2.24, 2.45) is 0 Å². The molecular weight excluding hydrogens is 387 g/mol. The van der Waals surface area contributed by atoms with Gasteiger partial charge in [-0.05, 0) is 43.5 Å². The van der Waals surface area contributed by atoms with Crippen LogP contribution in [0.5, 0.6) is 5.75 Å². The zero-order valence-corrected chi connectivity index (χ0v) is 16.5. The first-order valence-corrected chi connectivity index (χ1v) is 9.73. The number of nitrogens with zero attached hydrogens (tertiary/aromatic N) is 3. The highest BCUT2D eigenvalue weighted by atomic mass is 19.1. The van der Waals surface area contributed by atoms with Crippen molar-refractivity contribution in [3.05, 3.63) is 76.4 Å². The Morgan fingerprint density at radius 3 is 2.77 bits per heavy atom. The third-order valence-corrected chi connectivity index (χ3v) is 5.16. The van der Waals surface area contributed by atoms with Crippen molar-refractivity contribution in [1.82, 2.24) is 19.9 Å². The fourth-order valence-electron chi connectivity index (χ4n) is 3.66. The molecule has 8 heteroatoms. The first-order chi connectivity index (χ1) is 14.6. The van der Waals surface area contributed by atoms with Crippen LogP contribution in [0, 0.1) is 5.82 Å². The van der Waals surface area contributed by atoms with E-state index in [1.54, 1.807) is 29.1 Å². The van der Waals surface area contributed by atoms with Crippen molar-refractivity contribution in [3.8, 4) is 17.0 Å². The van der Waals surface area contributed by atoms with E-state index in [9.17, 15) is 14.0 Å². The number of hydrogen-bond donors (Lipinski definition) is 1. The minimum atomic E-state index is -0.488. The Labute approximate surface area is 172 Å². The highest BCUT2D eigenvalue weighted by Crippen LogP contribution is 2.26. The van der Waals surface area contributed by atoms with Gasteiger partial charge in [0.25, 0.3) is 11.5 Å². The van der Waals surface area contributed by atoms with Crippen molar-refractivity contribution in [2.75, 3.05) is 7.11 Å². The molecule has 1 aromatic carbocycles. The maximum atomic E-state index is 13.5. The first kappa shape index (κ1) is 19.8. The second-order valence-electron chi connectivity index (χ2n) is 7.09. The van der Waals surface area contributed by atoms with Gasteiger partial charge < -0.3 is 10.1 Å². The second-order valence-corrected chi connectivity index (χ2v) is 7.09. The molecule has 4 rings (SSSR count). The average molecular weight is 408 g/mol. The summed E-state index contributed by atoms with van der Waals surface area (Å²) in [4.78, 5) is 34.4. The van der Waals surface area contributed by atoms with Crippen LogP contribution in [0.4, 0.5) is 4.39 Å². The van der Waals surface area contributed by atoms with E-state index >= 15 is 0 Å². The summed E-state index contributed by atoms with van der Waals surface area (Å²) in [5.41, 5.74) is 1.38. The topological polar surface area (TPSA) is 86.1 Å². The number of methoxy groups -OCH3 is 1. The van der Waals surface area contributed by atoms with Crippen molar-refractivity contribution in [1.29, 1.82) is 0 Å². The van der Waals surface area contributed by atoms with E-state index in [2.05, 4.69) is 10.3 Å². The maximum absolute atomic E-state index is 13.5. The van der Waals surface area contributed by atoms with E-state index in [-0.39, 0.29) is 16.9 Å². The Bertz CT molecular complexity index is 1130. The van der Waals surface area contributed by atoms with Crippen molar-refractivity contribution < 1.29 is 13.9 Å². The molecule has 30 heavy (non-hydrogen) atoms.